The van der Waals surface area contributed by atoms with Gasteiger partial charge in [-0.1, -0.05) is 6.92 Å². The van der Waals surface area contributed by atoms with Gasteiger partial charge in [0.25, 0.3) is 11.6 Å². The molecule has 0 radical (unpaired) electrons. The lowest BCUT2D eigenvalue weighted by atomic mass is 10.1. The molecule has 1 aromatic carbocycles. The first kappa shape index (κ1) is 15.0. The van der Waals surface area contributed by atoms with Crippen LogP contribution in [-0.4, -0.2) is 28.6 Å². The number of nitrogens with zero attached hydrogens (tertiary/aromatic N) is 1. The third kappa shape index (κ3) is 4.29. The second-order valence-corrected chi connectivity index (χ2v) is 4.03. The van der Waals surface area contributed by atoms with Crippen LogP contribution in [0.1, 0.15) is 30.1 Å². The number of hydrogen-bond donors (Lipinski definition) is 2. The second kappa shape index (κ2) is 6.79. The van der Waals surface area contributed by atoms with Crippen molar-refractivity contribution in [3.63, 3.8) is 0 Å². The number of aliphatic hydroxyl groups is 1. The zero-order valence-corrected chi connectivity index (χ0v) is 10.4. The molecule has 2 N–H and O–H groups in total. The predicted octanol–water partition coefficient (Wildman–Crippen LogP) is 1.62. The topological polar surface area (TPSA) is 92.5 Å². The summed E-state index contributed by atoms with van der Waals surface area (Å²) in [6, 6.07) is 2.70. The normalized spacial score (nSPS) is 11.9. The van der Waals surface area contributed by atoms with Crippen LogP contribution in [0.25, 0.3) is 0 Å². The van der Waals surface area contributed by atoms with Gasteiger partial charge in [-0.15, -0.1) is 0 Å². The molecule has 6 nitrogen and oxygen atoms in total. The fourth-order valence-corrected chi connectivity index (χ4v) is 1.50. The number of halogens is 1. The Morgan fingerprint density at radius 3 is 2.84 bits per heavy atom. The van der Waals surface area contributed by atoms with Crippen molar-refractivity contribution in [2.45, 2.75) is 25.9 Å². The molecule has 1 rings (SSSR count). The molecule has 0 aliphatic carbocycles. The molecule has 0 aliphatic rings. The molecule has 19 heavy (non-hydrogen) atoms. The summed E-state index contributed by atoms with van der Waals surface area (Å²) in [5, 5.41) is 22.5. The number of benzene rings is 1. The van der Waals surface area contributed by atoms with E-state index in [1.54, 1.807) is 6.92 Å². The summed E-state index contributed by atoms with van der Waals surface area (Å²) in [7, 11) is 0. The quantitative estimate of drug-likeness (QED) is 0.607. The number of nitrogens with one attached hydrogen (secondary N) is 1. The maximum Gasteiger partial charge on any atom is 0.282 e. The SMILES string of the molecule is CCC(O)CCNC(=O)c1cc(F)ccc1[N+](=O)[O-]. The first-order valence-corrected chi connectivity index (χ1v) is 5.86. The molecular formula is C12H15FN2O4. The molecule has 104 valence electrons. The van der Waals surface area contributed by atoms with Gasteiger partial charge in [0, 0.05) is 12.6 Å². The average molecular weight is 270 g/mol. The van der Waals surface area contributed by atoms with E-state index in [2.05, 4.69) is 5.32 Å². The Balaban J connectivity index is 2.76. The Bertz CT molecular complexity index is 479. The van der Waals surface area contributed by atoms with E-state index in [4.69, 9.17) is 0 Å². The van der Waals surface area contributed by atoms with E-state index in [9.17, 15) is 24.4 Å². The molecule has 0 heterocycles. The smallest absolute Gasteiger partial charge is 0.282 e. The number of nitro benzene ring substituents is 1. The van der Waals surface area contributed by atoms with Crippen LogP contribution in [0.2, 0.25) is 0 Å². The van der Waals surface area contributed by atoms with Crippen molar-refractivity contribution >= 4 is 11.6 Å². The second-order valence-electron chi connectivity index (χ2n) is 4.03. The predicted molar refractivity (Wildman–Crippen MR) is 66.3 cm³/mol. The fourth-order valence-electron chi connectivity index (χ4n) is 1.50. The van der Waals surface area contributed by atoms with Gasteiger partial charge in [0.2, 0.25) is 0 Å². The summed E-state index contributed by atoms with van der Waals surface area (Å²) in [6.07, 6.45) is 0.351. The lowest BCUT2D eigenvalue weighted by molar-refractivity contribution is -0.385. The van der Waals surface area contributed by atoms with Crippen LogP contribution in [-0.2, 0) is 0 Å². The molecule has 0 fully saturated rings. The van der Waals surface area contributed by atoms with Gasteiger partial charge in [0.05, 0.1) is 11.0 Å². The van der Waals surface area contributed by atoms with Gasteiger partial charge in [-0.25, -0.2) is 4.39 Å². The number of hydrogen-bond acceptors (Lipinski definition) is 4. The molecule has 1 amide bonds. The minimum absolute atomic E-state index is 0.168. The van der Waals surface area contributed by atoms with Crippen LogP contribution in [0.3, 0.4) is 0 Å². The van der Waals surface area contributed by atoms with Gasteiger partial charge in [0.15, 0.2) is 0 Å². The number of rotatable bonds is 6. The van der Waals surface area contributed by atoms with Gasteiger partial charge >= 0.3 is 0 Å². The van der Waals surface area contributed by atoms with Crippen molar-refractivity contribution < 1.29 is 19.2 Å². The molecule has 0 saturated heterocycles. The molecule has 0 saturated carbocycles. The number of aliphatic hydroxyl groups excluding tert-OH is 1. The zero-order chi connectivity index (χ0) is 14.4. The number of amides is 1. The molecule has 1 unspecified atom stereocenters. The van der Waals surface area contributed by atoms with Crippen LogP contribution < -0.4 is 5.32 Å². The highest BCUT2D eigenvalue weighted by Crippen LogP contribution is 2.19. The van der Waals surface area contributed by atoms with E-state index in [0.29, 0.717) is 12.8 Å². The van der Waals surface area contributed by atoms with E-state index >= 15 is 0 Å². The summed E-state index contributed by atoms with van der Waals surface area (Å²) < 4.78 is 13.0. The van der Waals surface area contributed by atoms with Crippen molar-refractivity contribution in [3.05, 3.63) is 39.7 Å². The number of nitro groups is 1. The Morgan fingerprint density at radius 1 is 1.58 bits per heavy atom. The maximum atomic E-state index is 13.0. The maximum absolute atomic E-state index is 13.0. The van der Waals surface area contributed by atoms with Gasteiger partial charge < -0.3 is 10.4 Å². The van der Waals surface area contributed by atoms with Crippen molar-refractivity contribution in [1.29, 1.82) is 0 Å². The minimum Gasteiger partial charge on any atom is -0.393 e. The third-order valence-corrected chi connectivity index (χ3v) is 2.63. The summed E-state index contributed by atoms with van der Waals surface area (Å²) in [5.41, 5.74) is -0.772. The highest BCUT2D eigenvalue weighted by molar-refractivity contribution is 5.98. The molecule has 0 aliphatic heterocycles. The molecule has 7 heteroatoms. The van der Waals surface area contributed by atoms with Crippen molar-refractivity contribution in [3.8, 4) is 0 Å². The van der Waals surface area contributed by atoms with Crippen LogP contribution in [0.4, 0.5) is 10.1 Å². The van der Waals surface area contributed by atoms with Gasteiger partial charge in [-0.3, -0.25) is 14.9 Å². The van der Waals surface area contributed by atoms with Gasteiger partial charge in [-0.05, 0) is 25.0 Å². The Kier molecular flexibility index (Phi) is 5.37. The van der Waals surface area contributed by atoms with E-state index < -0.39 is 28.4 Å². The molecule has 1 aromatic rings. The van der Waals surface area contributed by atoms with Crippen LogP contribution >= 0.6 is 0 Å². The highest BCUT2D eigenvalue weighted by Gasteiger charge is 2.20. The lowest BCUT2D eigenvalue weighted by Crippen LogP contribution is -2.27. The monoisotopic (exact) mass is 270 g/mol. The lowest BCUT2D eigenvalue weighted by Gasteiger charge is -2.09. The summed E-state index contributed by atoms with van der Waals surface area (Å²) in [4.78, 5) is 21.7. The van der Waals surface area contributed by atoms with Gasteiger partial charge in [-0.2, -0.15) is 0 Å². The van der Waals surface area contributed by atoms with E-state index in [1.165, 1.54) is 0 Å². The average Bonchev–Trinajstić information content (AvgIpc) is 2.37. The van der Waals surface area contributed by atoms with Crippen LogP contribution in [0, 0.1) is 15.9 Å². The first-order chi connectivity index (χ1) is 8.95. The number of carbonyl (C=O) groups excluding carboxylic acids is 1. The third-order valence-electron chi connectivity index (χ3n) is 2.63. The van der Waals surface area contributed by atoms with Crippen LogP contribution in [0.5, 0.6) is 0 Å². The molecular weight excluding hydrogens is 255 g/mol. The standard InChI is InChI=1S/C12H15FN2O4/c1-2-9(16)5-6-14-12(17)10-7-8(13)3-4-11(10)15(18)19/h3-4,7,9,16H,2,5-6H2,1H3,(H,14,17). The van der Waals surface area contributed by atoms with Crippen molar-refractivity contribution in [2.24, 2.45) is 0 Å². The molecule has 0 aromatic heterocycles. The minimum atomic E-state index is -0.741. The van der Waals surface area contributed by atoms with E-state index in [-0.39, 0.29) is 12.1 Å². The van der Waals surface area contributed by atoms with Gasteiger partial charge in [0.1, 0.15) is 11.4 Å². The summed E-state index contributed by atoms with van der Waals surface area (Å²) >= 11 is 0. The first-order valence-electron chi connectivity index (χ1n) is 5.86. The zero-order valence-electron chi connectivity index (χ0n) is 10.4. The Morgan fingerprint density at radius 2 is 2.26 bits per heavy atom. The summed E-state index contributed by atoms with van der Waals surface area (Å²) in [5.74, 6) is -1.45. The van der Waals surface area contributed by atoms with E-state index in [1.807, 2.05) is 0 Å². The van der Waals surface area contributed by atoms with Crippen molar-refractivity contribution in [1.82, 2.24) is 5.32 Å². The van der Waals surface area contributed by atoms with E-state index in [0.717, 1.165) is 18.2 Å². The summed E-state index contributed by atoms with van der Waals surface area (Å²) in [6.45, 7) is 1.96. The Labute approximate surface area is 109 Å². The van der Waals surface area contributed by atoms with Crippen molar-refractivity contribution in [2.75, 3.05) is 6.54 Å². The molecule has 1 atom stereocenters. The molecule has 0 bridgehead atoms. The number of carbonyl (C=O) groups is 1. The molecule has 0 spiro atoms. The highest BCUT2D eigenvalue weighted by atomic mass is 19.1. The fraction of sp³-hybridized carbons (Fsp3) is 0.417. The largest absolute Gasteiger partial charge is 0.393 e. The Hall–Kier alpha value is -2.02. The van der Waals surface area contributed by atoms with Crippen LogP contribution in [0.15, 0.2) is 18.2 Å².